The van der Waals surface area contributed by atoms with Crippen molar-refractivity contribution in [2.24, 2.45) is 11.8 Å². The van der Waals surface area contributed by atoms with Crippen molar-refractivity contribution in [3.63, 3.8) is 0 Å². The molecule has 0 bridgehead atoms. The van der Waals surface area contributed by atoms with Gasteiger partial charge in [0.15, 0.2) is 0 Å². The Kier molecular flexibility index (Phi) is 14.8. The van der Waals surface area contributed by atoms with E-state index in [0.717, 1.165) is 24.9 Å². The van der Waals surface area contributed by atoms with Crippen molar-refractivity contribution in [2.45, 2.75) is 96.6 Å². The van der Waals surface area contributed by atoms with Gasteiger partial charge in [-0.3, -0.25) is 0 Å². The number of halogens is 2. The quantitative estimate of drug-likeness (QED) is 0.293. The zero-order chi connectivity index (χ0) is 17.6. The van der Waals surface area contributed by atoms with E-state index in [2.05, 4.69) is 13.8 Å². The molecule has 0 amide bonds. The molecule has 2 aliphatic carbocycles. The van der Waals surface area contributed by atoms with E-state index in [-0.39, 0.29) is 0 Å². The zero-order valence-electron chi connectivity index (χ0n) is 15.7. The van der Waals surface area contributed by atoms with Gasteiger partial charge in [0.25, 0.3) is 0 Å². The van der Waals surface area contributed by atoms with Gasteiger partial charge in [-0.1, -0.05) is 84.5 Å². The first-order chi connectivity index (χ1) is 11.7. The second-order valence-corrected chi connectivity index (χ2v) is 10.0. The summed E-state index contributed by atoms with van der Waals surface area (Å²) in [6, 6.07) is 1.34. The van der Waals surface area contributed by atoms with Gasteiger partial charge in [-0.2, -0.15) is 13.1 Å². The predicted molar refractivity (Wildman–Crippen MR) is 105 cm³/mol. The molecule has 4 unspecified atom stereocenters. The molecule has 0 saturated heterocycles. The Morgan fingerprint density at radius 1 is 0.792 bits per heavy atom. The van der Waals surface area contributed by atoms with Crippen LogP contribution in [0.15, 0.2) is 0 Å². The molecular weight excluding hydrogens is 375 g/mol. The summed E-state index contributed by atoms with van der Waals surface area (Å²) >= 11 is -0.556. The monoisotopic (exact) mass is 410 g/mol. The van der Waals surface area contributed by atoms with Gasteiger partial charge in [-0.15, -0.1) is 12.1 Å². The Morgan fingerprint density at radius 2 is 1.21 bits per heavy atom. The Morgan fingerprint density at radius 3 is 1.58 bits per heavy atom. The van der Waals surface area contributed by atoms with E-state index in [4.69, 9.17) is 29.2 Å². The van der Waals surface area contributed by atoms with Crippen molar-refractivity contribution in [3.8, 4) is 0 Å². The fraction of sp³-hybridized carbons (Fsp3) is 1.00. The minimum atomic E-state index is -0.556. The third-order valence-electron chi connectivity index (χ3n) is 5.76. The molecule has 0 heterocycles. The Balaban J connectivity index is 0.000000891. The van der Waals surface area contributed by atoms with E-state index in [1.807, 2.05) is 0 Å². The molecule has 2 aliphatic rings. The van der Waals surface area contributed by atoms with Gasteiger partial charge >= 0.3 is 35.6 Å². The number of nitrogens with zero attached hydrogens (tertiary/aromatic N) is 2. The van der Waals surface area contributed by atoms with Gasteiger partial charge in [-0.25, -0.2) is 0 Å². The minimum absolute atomic E-state index is 0.556. The van der Waals surface area contributed by atoms with Gasteiger partial charge < -0.3 is 10.6 Å². The van der Waals surface area contributed by atoms with Gasteiger partial charge in [-0.05, 0) is 11.8 Å². The summed E-state index contributed by atoms with van der Waals surface area (Å²) in [6.07, 6.45) is 15.0. The van der Waals surface area contributed by atoms with Crippen LogP contribution in [-0.2, 0) is 17.0 Å². The molecule has 2 nitrogen and oxygen atoms in total. The average molecular weight is 411 g/mol. The van der Waals surface area contributed by atoms with Gasteiger partial charge in [0.2, 0.25) is 0 Å². The molecule has 0 spiro atoms. The average Bonchev–Trinajstić information content (AvgIpc) is 2.62. The van der Waals surface area contributed by atoms with Crippen LogP contribution in [0.25, 0.3) is 10.6 Å². The Hall–Kier alpha value is 1.21. The molecule has 142 valence electrons. The number of hydrogen-bond donors (Lipinski definition) is 0. The molecule has 0 radical (unpaired) electrons. The van der Waals surface area contributed by atoms with Crippen molar-refractivity contribution < 1.29 is 17.0 Å². The molecule has 4 atom stereocenters. The zero-order valence-corrected chi connectivity index (χ0v) is 18.7. The summed E-state index contributed by atoms with van der Waals surface area (Å²) in [5.74, 6) is 1.90. The molecular formula is C19H36Cl2N2Ti-2. The predicted octanol–water partition coefficient (Wildman–Crippen LogP) is 7.44. The van der Waals surface area contributed by atoms with Crippen molar-refractivity contribution in [2.75, 3.05) is 13.1 Å². The molecule has 24 heavy (non-hydrogen) atoms. The molecule has 2 fully saturated rings. The third-order valence-corrected chi connectivity index (χ3v) is 5.76. The first-order valence-corrected chi connectivity index (χ1v) is 14.3. The SMILES string of the molecule is CCC1CCCC([N-]CCC[N-]C2CCCC(CC)C2)C1.[Cl][Ti][Cl]. The molecule has 0 aromatic rings. The molecule has 0 aliphatic heterocycles. The molecule has 0 aromatic heterocycles. The van der Waals surface area contributed by atoms with Gasteiger partial charge in [0.1, 0.15) is 0 Å². The first kappa shape index (κ1) is 23.3. The normalized spacial score (nSPS) is 30.3. The van der Waals surface area contributed by atoms with Crippen LogP contribution in [0, 0.1) is 11.8 Å². The number of rotatable bonds is 8. The Labute approximate surface area is 167 Å². The van der Waals surface area contributed by atoms with E-state index in [0.29, 0.717) is 12.1 Å². The van der Waals surface area contributed by atoms with Crippen molar-refractivity contribution in [3.05, 3.63) is 10.6 Å². The van der Waals surface area contributed by atoms with E-state index >= 15 is 0 Å². The van der Waals surface area contributed by atoms with E-state index in [1.54, 1.807) is 0 Å². The third kappa shape index (κ3) is 10.4. The maximum absolute atomic E-state index is 4.94. The standard InChI is InChI=1S/C19H36N2.2ClH.Ti/c1-3-16-8-5-10-18(14-16)20-12-7-13-21-19-11-6-9-17(4-2)15-19;;;/h16-19H,3-15H2,1-2H3;2*1H;/q-2;;;+2/p-2. The van der Waals surface area contributed by atoms with Crippen LogP contribution in [0.3, 0.4) is 0 Å². The molecule has 0 N–H and O–H groups in total. The van der Waals surface area contributed by atoms with E-state index < -0.39 is 17.0 Å². The number of hydrogen-bond acceptors (Lipinski definition) is 0. The fourth-order valence-corrected chi connectivity index (χ4v) is 4.22. The van der Waals surface area contributed by atoms with Crippen LogP contribution in [0.5, 0.6) is 0 Å². The van der Waals surface area contributed by atoms with Crippen LogP contribution in [0.1, 0.15) is 84.5 Å². The van der Waals surface area contributed by atoms with Gasteiger partial charge in [0.05, 0.1) is 0 Å². The summed E-state index contributed by atoms with van der Waals surface area (Å²) in [5.41, 5.74) is 0. The van der Waals surface area contributed by atoms with Crippen LogP contribution in [0.4, 0.5) is 0 Å². The van der Waals surface area contributed by atoms with Crippen LogP contribution in [-0.4, -0.2) is 25.2 Å². The maximum atomic E-state index is 4.94. The summed E-state index contributed by atoms with van der Waals surface area (Å²) in [7, 11) is 9.78. The van der Waals surface area contributed by atoms with E-state index in [9.17, 15) is 0 Å². The molecule has 2 saturated carbocycles. The Bertz CT molecular complexity index is 269. The second kappa shape index (κ2) is 15.3. The second-order valence-electron chi connectivity index (χ2n) is 7.43. The summed E-state index contributed by atoms with van der Waals surface area (Å²) in [5, 5.41) is 9.87. The fourth-order valence-electron chi connectivity index (χ4n) is 4.22. The van der Waals surface area contributed by atoms with Crippen molar-refractivity contribution in [1.82, 2.24) is 0 Å². The van der Waals surface area contributed by atoms with E-state index in [1.165, 1.54) is 70.6 Å². The van der Waals surface area contributed by atoms with Crippen molar-refractivity contribution in [1.29, 1.82) is 0 Å². The molecule has 0 aromatic carbocycles. The van der Waals surface area contributed by atoms with Crippen molar-refractivity contribution >= 4 is 18.6 Å². The molecule has 5 heteroatoms. The van der Waals surface area contributed by atoms with Crippen LogP contribution in [0.2, 0.25) is 0 Å². The summed E-state index contributed by atoms with van der Waals surface area (Å²) < 4.78 is 0. The summed E-state index contributed by atoms with van der Waals surface area (Å²) in [4.78, 5) is 0. The summed E-state index contributed by atoms with van der Waals surface area (Å²) in [6.45, 7) is 6.77. The molecule has 2 rings (SSSR count). The van der Waals surface area contributed by atoms with Crippen LogP contribution < -0.4 is 0 Å². The topological polar surface area (TPSA) is 28.2 Å². The van der Waals surface area contributed by atoms with Crippen LogP contribution >= 0.6 is 18.6 Å². The van der Waals surface area contributed by atoms with Gasteiger partial charge in [0, 0.05) is 0 Å². The first-order valence-electron chi connectivity index (χ1n) is 10.0.